The van der Waals surface area contributed by atoms with Gasteiger partial charge in [-0.25, -0.2) is 8.42 Å². The molecule has 1 aromatic heterocycles. The van der Waals surface area contributed by atoms with E-state index >= 15 is 0 Å². The van der Waals surface area contributed by atoms with Gasteiger partial charge in [0, 0.05) is 37.3 Å². The van der Waals surface area contributed by atoms with Gasteiger partial charge < -0.3 is 9.88 Å². The highest BCUT2D eigenvalue weighted by Crippen LogP contribution is 2.24. The molecule has 0 bridgehead atoms. The van der Waals surface area contributed by atoms with Crippen molar-refractivity contribution < 1.29 is 13.2 Å². The summed E-state index contributed by atoms with van der Waals surface area (Å²) in [6.45, 7) is 10.5. The van der Waals surface area contributed by atoms with Crippen LogP contribution >= 0.6 is 0 Å². The number of allylic oxidation sites excluding steroid dienone is 1. The van der Waals surface area contributed by atoms with Crippen molar-refractivity contribution in [2.24, 2.45) is 5.92 Å². The van der Waals surface area contributed by atoms with Crippen molar-refractivity contribution in [3.05, 3.63) is 52.8 Å². The maximum absolute atomic E-state index is 13.3. The molecular formula is C24H33N3O4S. The zero-order chi connectivity index (χ0) is 23.5. The van der Waals surface area contributed by atoms with Gasteiger partial charge in [-0.1, -0.05) is 39.7 Å². The van der Waals surface area contributed by atoms with E-state index in [0.717, 1.165) is 25.7 Å². The molecule has 7 nitrogen and oxygen atoms in total. The molecule has 0 spiro atoms. The van der Waals surface area contributed by atoms with Crippen molar-refractivity contribution in [2.75, 3.05) is 13.1 Å². The first kappa shape index (κ1) is 24.2. The average molecular weight is 460 g/mol. The van der Waals surface area contributed by atoms with E-state index in [-0.39, 0.29) is 21.9 Å². The number of carbonyl (C=O) groups excluding carboxylic acids is 1. The van der Waals surface area contributed by atoms with E-state index in [1.54, 1.807) is 36.8 Å². The number of sulfonamides is 1. The van der Waals surface area contributed by atoms with Crippen molar-refractivity contribution >= 4 is 26.8 Å². The van der Waals surface area contributed by atoms with Gasteiger partial charge in [0.1, 0.15) is 5.56 Å². The van der Waals surface area contributed by atoms with Crippen molar-refractivity contribution in [3.8, 4) is 0 Å². The SMILES string of the molecule is C=CCn1cc(C(=O)N[C@H]2CCCC[C@H]2C)c(=O)c2cc(S(=O)(=O)N(CC)CC)ccc21. The summed E-state index contributed by atoms with van der Waals surface area (Å²) in [5.74, 6) is -0.0557. The Kier molecular flexibility index (Phi) is 7.56. The van der Waals surface area contributed by atoms with Crippen LogP contribution in [0, 0.1) is 5.92 Å². The summed E-state index contributed by atoms with van der Waals surface area (Å²) in [6, 6.07) is 4.57. The predicted molar refractivity (Wildman–Crippen MR) is 127 cm³/mol. The average Bonchev–Trinajstić information content (AvgIpc) is 2.77. The van der Waals surface area contributed by atoms with Crippen LogP contribution < -0.4 is 10.7 Å². The molecule has 2 aromatic rings. The molecule has 0 radical (unpaired) electrons. The maximum Gasteiger partial charge on any atom is 0.256 e. The zero-order valence-corrected chi connectivity index (χ0v) is 20.0. The Morgan fingerprint density at radius 2 is 1.94 bits per heavy atom. The minimum absolute atomic E-state index is 0.0227. The van der Waals surface area contributed by atoms with Crippen LogP contribution in [0.5, 0.6) is 0 Å². The molecule has 2 atom stereocenters. The third kappa shape index (κ3) is 4.66. The number of hydrogen-bond donors (Lipinski definition) is 1. The molecule has 1 aliphatic carbocycles. The molecule has 1 fully saturated rings. The van der Waals surface area contributed by atoms with Crippen LogP contribution in [0.15, 0.2) is 46.7 Å². The van der Waals surface area contributed by atoms with Crippen LogP contribution in [0.1, 0.15) is 56.8 Å². The molecule has 3 rings (SSSR count). The molecule has 1 heterocycles. The van der Waals surface area contributed by atoms with E-state index in [2.05, 4.69) is 18.8 Å². The number of hydrogen-bond acceptors (Lipinski definition) is 4. The first-order valence-corrected chi connectivity index (χ1v) is 12.8. The Bertz CT molecular complexity index is 1170. The summed E-state index contributed by atoms with van der Waals surface area (Å²) in [5, 5.41) is 3.25. The molecular weight excluding hydrogens is 426 g/mol. The van der Waals surface area contributed by atoms with E-state index < -0.39 is 21.4 Å². The lowest BCUT2D eigenvalue weighted by molar-refractivity contribution is 0.0908. The number of benzene rings is 1. The van der Waals surface area contributed by atoms with Crippen molar-refractivity contribution in [1.82, 2.24) is 14.2 Å². The van der Waals surface area contributed by atoms with Gasteiger partial charge in [0.2, 0.25) is 15.5 Å². The molecule has 1 amide bonds. The van der Waals surface area contributed by atoms with Crippen LogP contribution in [0.25, 0.3) is 10.9 Å². The van der Waals surface area contributed by atoms with Gasteiger partial charge in [0.05, 0.1) is 10.4 Å². The second kappa shape index (κ2) is 10.0. The summed E-state index contributed by atoms with van der Waals surface area (Å²) >= 11 is 0. The Balaban J connectivity index is 2.11. The van der Waals surface area contributed by atoms with Gasteiger partial charge in [0.25, 0.3) is 5.91 Å². The van der Waals surface area contributed by atoms with E-state index in [9.17, 15) is 18.0 Å². The predicted octanol–water partition coefficient (Wildman–Crippen LogP) is 3.53. The molecule has 8 heteroatoms. The number of pyridine rings is 1. The summed E-state index contributed by atoms with van der Waals surface area (Å²) in [7, 11) is -3.73. The number of nitrogens with one attached hydrogen (secondary N) is 1. The summed E-state index contributed by atoms with van der Waals surface area (Å²) < 4.78 is 29.1. The lowest BCUT2D eigenvalue weighted by Crippen LogP contribution is -2.42. The van der Waals surface area contributed by atoms with Crippen LogP contribution in [-0.2, 0) is 16.6 Å². The Hall–Kier alpha value is -2.45. The summed E-state index contributed by atoms with van der Waals surface area (Å²) in [4.78, 5) is 26.5. The van der Waals surface area contributed by atoms with E-state index in [0.29, 0.717) is 31.1 Å². The molecule has 1 N–H and O–H groups in total. The van der Waals surface area contributed by atoms with E-state index in [1.165, 1.54) is 16.4 Å². The highest BCUT2D eigenvalue weighted by molar-refractivity contribution is 7.89. The van der Waals surface area contributed by atoms with Gasteiger partial charge >= 0.3 is 0 Å². The number of nitrogens with zero attached hydrogens (tertiary/aromatic N) is 2. The monoisotopic (exact) mass is 459 g/mol. The lowest BCUT2D eigenvalue weighted by Gasteiger charge is -2.29. The van der Waals surface area contributed by atoms with Crippen molar-refractivity contribution in [3.63, 3.8) is 0 Å². The number of carbonyl (C=O) groups is 1. The smallest absolute Gasteiger partial charge is 0.256 e. The maximum atomic E-state index is 13.3. The second-order valence-corrected chi connectivity index (χ2v) is 10.4. The van der Waals surface area contributed by atoms with Crippen LogP contribution in [-0.4, -0.2) is 42.3 Å². The third-order valence-corrected chi connectivity index (χ3v) is 8.44. The third-order valence-electron chi connectivity index (χ3n) is 6.39. The molecule has 0 saturated heterocycles. The molecule has 1 aromatic carbocycles. The fraction of sp³-hybridized carbons (Fsp3) is 0.500. The van der Waals surface area contributed by atoms with Gasteiger partial charge in [0.15, 0.2) is 0 Å². The first-order valence-electron chi connectivity index (χ1n) is 11.3. The molecule has 1 saturated carbocycles. The molecule has 174 valence electrons. The Morgan fingerprint density at radius 1 is 1.25 bits per heavy atom. The van der Waals surface area contributed by atoms with E-state index in [1.807, 2.05) is 0 Å². The minimum atomic E-state index is -3.73. The second-order valence-electron chi connectivity index (χ2n) is 8.42. The van der Waals surface area contributed by atoms with Gasteiger partial charge in [-0.3, -0.25) is 9.59 Å². The highest BCUT2D eigenvalue weighted by atomic mass is 32.2. The standard InChI is InChI=1S/C24H33N3O4S/c1-5-14-26-16-20(24(29)25-21-11-9-8-10-17(21)4)23(28)19-15-18(12-13-22(19)26)32(30,31)27(6-2)7-3/h5,12-13,15-17,21H,1,6-11,14H2,2-4H3,(H,25,29)/t17-,21+/m1/s1. The van der Waals surface area contributed by atoms with Crippen molar-refractivity contribution in [2.45, 2.75) is 63.9 Å². The quantitative estimate of drug-likeness (QED) is 0.612. The normalized spacial score (nSPS) is 19.2. The fourth-order valence-corrected chi connectivity index (χ4v) is 5.96. The summed E-state index contributed by atoms with van der Waals surface area (Å²) in [5.41, 5.74) is 0.128. The van der Waals surface area contributed by atoms with Gasteiger partial charge in [-0.05, 0) is 37.0 Å². The topological polar surface area (TPSA) is 88.5 Å². The molecule has 0 unspecified atom stereocenters. The van der Waals surface area contributed by atoms with Gasteiger partial charge in [-0.15, -0.1) is 6.58 Å². The van der Waals surface area contributed by atoms with E-state index in [4.69, 9.17) is 0 Å². The largest absolute Gasteiger partial charge is 0.349 e. The summed E-state index contributed by atoms with van der Waals surface area (Å²) in [6.07, 6.45) is 7.38. The van der Waals surface area contributed by atoms with Crippen LogP contribution in [0.3, 0.4) is 0 Å². The first-order chi connectivity index (χ1) is 15.2. The number of rotatable bonds is 8. The molecule has 1 aliphatic rings. The minimum Gasteiger partial charge on any atom is -0.349 e. The number of amides is 1. The Morgan fingerprint density at radius 3 is 2.56 bits per heavy atom. The van der Waals surface area contributed by atoms with Crippen molar-refractivity contribution in [1.29, 1.82) is 0 Å². The number of fused-ring (bicyclic) bond motifs is 1. The number of aromatic nitrogens is 1. The van der Waals surface area contributed by atoms with Crippen LogP contribution in [0.2, 0.25) is 0 Å². The van der Waals surface area contributed by atoms with Crippen LogP contribution in [0.4, 0.5) is 0 Å². The zero-order valence-electron chi connectivity index (χ0n) is 19.1. The molecule has 32 heavy (non-hydrogen) atoms. The Labute approximate surface area is 190 Å². The molecule has 0 aliphatic heterocycles. The highest BCUT2D eigenvalue weighted by Gasteiger charge is 2.26. The lowest BCUT2D eigenvalue weighted by atomic mass is 9.86. The van der Waals surface area contributed by atoms with Gasteiger partial charge in [-0.2, -0.15) is 4.31 Å². The fourth-order valence-electron chi connectivity index (χ4n) is 4.48.